The van der Waals surface area contributed by atoms with E-state index in [4.69, 9.17) is 9.26 Å². The van der Waals surface area contributed by atoms with Crippen LogP contribution < -0.4 is 0 Å². The zero-order valence-corrected chi connectivity index (χ0v) is 10.2. The number of H-pyrrole nitrogens is 1. The molecule has 0 amide bonds. The molecule has 0 saturated carbocycles. The summed E-state index contributed by atoms with van der Waals surface area (Å²) in [5, 5.41) is 12.3. The Morgan fingerprint density at radius 2 is 2.21 bits per heavy atom. The van der Waals surface area contributed by atoms with Gasteiger partial charge in [0, 0.05) is 12.0 Å². The molecule has 0 spiro atoms. The molecule has 1 atom stereocenters. The molecule has 3 aromatic rings. The van der Waals surface area contributed by atoms with Gasteiger partial charge >= 0.3 is 0 Å². The molecule has 0 unspecified atom stereocenters. The number of hydrogen-bond donors (Lipinski definition) is 1. The lowest BCUT2D eigenvalue weighted by molar-refractivity contribution is 0.189. The smallest absolute Gasteiger partial charge is 0.232 e. The van der Waals surface area contributed by atoms with Gasteiger partial charge in [-0.3, -0.25) is 5.10 Å². The summed E-state index contributed by atoms with van der Waals surface area (Å²) >= 11 is 0. The van der Waals surface area contributed by atoms with E-state index in [1.807, 2.05) is 24.3 Å². The Kier molecular flexibility index (Phi) is 2.34. The van der Waals surface area contributed by atoms with E-state index in [2.05, 4.69) is 20.3 Å². The number of nitrogens with one attached hydrogen (secondary N) is 1. The third-order valence-electron chi connectivity index (χ3n) is 3.40. The summed E-state index contributed by atoms with van der Waals surface area (Å²) < 4.78 is 10.7. The number of aromatic nitrogens is 4. The molecule has 96 valence electrons. The molecule has 0 aliphatic carbocycles. The lowest BCUT2D eigenvalue weighted by atomic mass is 10.1. The van der Waals surface area contributed by atoms with E-state index in [1.54, 1.807) is 0 Å². The van der Waals surface area contributed by atoms with E-state index in [1.165, 1.54) is 0 Å². The molecule has 1 N–H and O–H groups in total. The summed E-state index contributed by atoms with van der Waals surface area (Å²) in [7, 11) is 0. The molecule has 3 heterocycles. The first-order valence-corrected chi connectivity index (χ1v) is 6.26. The second-order valence-corrected chi connectivity index (χ2v) is 4.63. The number of para-hydroxylation sites is 1. The highest BCUT2D eigenvalue weighted by Crippen LogP contribution is 2.28. The summed E-state index contributed by atoms with van der Waals surface area (Å²) in [4.78, 5) is 4.44. The van der Waals surface area contributed by atoms with Crippen LogP contribution in [0.25, 0.3) is 22.4 Å². The molecular formula is C13H12N4O2. The van der Waals surface area contributed by atoms with E-state index in [0.717, 1.165) is 29.6 Å². The third-order valence-corrected chi connectivity index (χ3v) is 3.40. The van der Waals surface area contributed by atoms with Crippen LogP contribution in [-0.2, 0) is 4.74 Å². The maximum Gasteiger partial charge on any atom is 0.232 e. The molecule has 1 saturated heterocycles. The highest BCUT2D eigenvalue weighted by atomic mass is 16.5. The van der Waals surface area contributed by atoms with Crippen molar-refractivity contribution in [1.82, 2.24) is 20.3 Å². The van der Waals surface area contributed by atoms with Crippen LogP contribution in [0.3, 0.4) is 0 Å². The van der Waals surface area contributed by atoms with Gasteiger partial charge in [0.05, 0.1) is 18.0 Å². The standard InChI is InChI=1S/C13H12N4O2/c1-2-4-10-9(3-1)11(16-15-10)12-14-13(19-17-12)8-5-6-18-7-8/h1-4,8H,5-7H2,(H,15,16)/t8-/m0/s1. The van der Waals surface area contributed by atoms with Crippen molar-refractivity contribution in [3.63, 3.8) is 0 Å². The van der Waals surface area contributed by atoms with Gasteiger partial charge in [0.25, 0.3) is 0 Å². The van der Waals surface area contributed by atoms with E-state index >= 15 is 0 Å². The second kappa shape index (κ2) is 4.17. The summed E-state index contributed by atoms with van der Waals surface area (Å²) in [6.45, 7) is 1.41. The highest BCUT2D eigenvalue weighted by molar-refractivity contribution is 5.90. The quantitative estimate of drug-likeness (QED) is 0.760. The number of aromatic amines is 1. The summed E-state index contributed by atoms with van der Waals surface area (Å²) in [6, 6.07) is 7.88. The number of fused-ring (bicyclic) bond motifs is 1. The minimum absolute atomic E-state index is 0.214. The molecule has 6 heteroatoms. The van der Waals surface area contributed by atoms with Crippen molar-refractivity contribution in [1.29, 1.82) is 0 Å². The van der Waals surface area contributed by atoms with Crippen LogP contribution in [0.2, 0.25) is 0 Å². The Morgan fingerprint density at radius 3 is 3.11 bits per heavy atom. The number of ether oxygens (including phenoxy) is 1. The van der Waals surface area contributed by atoms with Crippen LogP contribution >= 0.6 is 0 Å². The Morgan fingerprint density at radius 1 is 1.26 bits per heavy atom. The topological polar surface area (TPSA) is 76.8 Å². The van der Waals surface area contributed by atoms with Gasteiger partial charge in [-0.25, -0.2) is 0 Å². The monoisotopic (exact) mass is 256 g/mol. The first kappa shape index (κ1) is 10.7. The predicted octanol–water partition coefficient (Wildman–Crippen LogP) is 2.12. The Balaban J connectivity index is 1.76. The van der Waals surface area contributed by atoms with Gasteiger partial charge in [0.1, 0.15) is 5.69 Å². The number of nitrogens with zero attached hydrogens (tertiary/aromatic N) is 3. The van der Waals surface area contributed by atoms with E-state index in [-0.39, 0.29) is 5.92 Å². The SMILES string of the molecule is c1ccc2c(-c3noc([C@H]4CCOC4)n3)n[nH]c2c1. The molecule has 1 aliphatic rings. The van der Waals surface area contributed by atoms with E-state index in [0.29, 0.717) is 18.3 Å². The van der Waals surface area contributed by atoms with Crippen LogP contribution in [-0.4, -0.2) is 33.6 Å². The van der Waals surface area contributed by atoms with Crippen molar-refractivity contribution >= 4 is 10.9 Å². The van der Waals surface area contributed by atoms with Crippen LogP contribution in [0.1, 0.15) is 18.2 Å². The molecule has 6 nitrogen and oxygen atoms in total. The van der Waals surface area contributed by atoms with Gasteiger partial charge in [-0.15, -0.1) is 0 Å². The molecule has 19 heavy (non-hydrogen) atoms. The Hall–Kier alpha value is -2.21. The van der Waals surface area contributed by atoms with Gasteiger partial charge in [0.15, 0.2) is 0 Å². The summed E-state index contributed by atoms with van der Waals surface area (Å²) in [5.41, 5.74) is 1.69. The van der Waals surface area contributed by atoms with Gasteiger partial charge in [0.2, 0.25) is 11.7 Å². The lowest BCUT2D eigenvalue weighted by Gasteiger charge is -1.97. The number of hydrogen-bond acceptors (Lipinski definition) is 5. The van der Waals surface area contributed by atoms with Crippen LogP contribution in [0, 0.1) is 0 Å². The fourth-order valence-corrected chi connectivity index (χ4v) is 2.36. The molecule has 1 fully saturated rings. The predicted molar refractivity (Wildman–Crippen MR) is 67.6 cm³/mol. The third kappa shape index (κ3) is 1.72. The highest BCUT2D eigenvalue weighted by Gasteiger charge is 2.25. The molecule has 0 radical (unpaired) electrons. The Bertz CT molecular complexity index is 712. The maximum atomic E-state index is 5.33. The molecular weight excluding hydrogens is 244 g/mol. The minimum atomic E-state index is 0.214. The molecule has 4 rings (SSSR count). The van der Waals surface area contributed by atoms with Gasteiger partial charge in [-0.05, 0) is 12.5 Å². The zero-order valence-electron chi connectivity index (χ0n) is 10.2. The zero-order chi connectivity index (χ0) is 12.7. The number of rotatable bonds is 2. The second-order valence-electron chi connectivity index (χ2n) is 4.63. The van der Waals surface area contributed by atoms with Crippen LogP contribution in [0.15, 0.2) is 28.8 Å². The fourth-order valence-electron chi connectivity index (χ4n) is 2.36. The van der Waals surface area contributed by atoms with E-state index < -0.39 is 0 Å². The minimum Gasteiger partial charge on any atom is -0.381 e. The maximum absolute atomic E-state index is 5.33. The summed E-state index contributed by atoms with van der Waals surface area (Å²) in [6.07, 6.45) is 0.933. The van der Waals surface area contributed by atoms with Crippen molar-refractivity contribution in [3.05, 3.63) is 30.2 Å². The molecule has 2 aromatic heterocycles. The van der Waals surface area contributed by atoms with Crippen LogP contribution in [0.5, 0.6) is 0 Å². The average molecular weight is 256 g/mol. The molecule has 1 aromatic carbocycles. The van der Waals surface area contributed by atoms with E-state index in [9.17, 15) is 0 Å². The van der Waals surface area contributed by atoms with Crippen LogP contribution in [0.4, 0.5) is 0 Å². The largest absolute Gasteiger partial charge is 0.381 e. The van der Waals surface area contributed by atoms with Crippen molar-refractivity contribution in [2.24, 2.45) is 0 Å². The van der Waals surface area contributed by atoms with Gasteiger partial charge < -0.3 is 9.26 Å². The van der Waals surface area contributed by atoms with Crippen molar-refractivity contribution in [2.75, 3.05) is 13.2 Å². The van der Waals surface area contributed by atoms with Crippen molar-refractivity contribution in [2.45, 2.75) is 12.3 Å². The molecule has 1 aliphatic heterocycles. The first-order chi connectivity index (χ1) is 9.42. The van der Waals surface area contributed by atoms with Crippen molar-refractivity contribution < 1.29 is 9.26 Å². The normalized spacial score (nSPS) is 19.3. The van der Waals surface area contributed by atoms with Crippen molar-refractivity contribution in [3.8, 4) is 11.5 Å². The van der Waals surface area contributed by atoms with Gasteiger partial charge in [-0.2, -0.15) is 10.1 Å². The first-order valence-electron chi connectivity index (χ1n) is 6.26. The average Bonchev–Trinajstić information content (AvgIpc) is 3.18. The summed E-state index contributed by atoms with van der Waals surface area (Å²) in [5.74, 6) is 1.38. The molecule has 0 bridgehead atoms. The Labute approximate surface area is 108 Å². The fraction of sp³-hybridized carbons (Fsp3) is 0.308. The van der Waals surface area contributed by atoms with Gasteiger partial charge in [-0.1, -0.05) is 23.4 Å². The number of benzene rings is 1. The lowest BCUT2D eigenvalue weighted by Crippen LogP contribution is -1.97.